The Hall–Kier alpha value is -2.25. The zero-order valence-corrected chi connectivity index (χ0v) is 15.1. The second-order valence-corrected chi connectivity index (χ2v) is 8.92. The van der Waals surface area contributed by atoms with E-state index in [2.05, 4.69) is 5.32 Å². The molecule has 4 atom stereocenters. The van der Waals surface area contributed by atoms with Gasteiger partial charge in [-0.2, -0.15) is 0 Å². The van der Waals surface area contributed by atoms with Gasteiger partial charge in [-0.3, -0.25) is 14.9 Å². The average Bonchev–Trinajstić information content (AvgIpc) is 3.19. The second-order valence-electron chi connectivity index (χ2n) is 6.85. The number of halogens is 1. The molecule has 6 nitrogen and oxygen atoms in total. The van der Waals surface area contributed by atoms with E-state index in [1.807, 2.05) is 6.07 Å². The van der Waals surface area contributed by atoms with Crippen LogP contribution in [0.25, 0.3) is 0 Å². The van der Waals surface area contributed by atoms with Crippen LogP contribution in [0.2, 0.25) is 5.02 Å². The van der Waals surface area contributed by atoms with E-state index in [9.17, 15) is 14.9 Å². The lowest BCUT2D eigenvalue weighted by Gasteiger charge is -2.39. The molecule has 0 radical (unpaired) electrons. The number of rotatable bonds is 2. The lowest BCUT2D eigenvalue weighted by atomic mass is 9.72. The summed E-state index contributed by atoms with van der Waals surface area (Å²) in [5.74, 6) is -0.680. The predicted octanol–water partition coefficient (Wildman–Crippen LogP) is 3.28. The highest BCUT2D eigenvalue weighted by atomic mass is 35.5. The minimum Gasteiger partial charge on any atom is -0.424 e. The van der Waals surface area contributed by atoms with Crippen LogP contribution in [0.15, 0.2) is 48.5 Å². The molecule has 1 amide bonds. The first kappa shape index (κ1) is 16.0. The molecule has 2 fully saturated rings. The molecule has 5 rings (SSSR count). The van der Waals surface area contributed by atoms with Gasteiger partial charge in [0.1, 0.15) is 16.4 Å². The summed E-state index contributed by atoms with van der Waals surface area (Å²) in [5, 5.41) is 15.7. The van der Waals surface area contributed by atoms with Crippen molar-refractivity contribution >= 4 is 29.3 Å². The first-order valence-electron chi connectivity index (χ1n) is 8.07. The van der Waals surface area contributed by atoms with Gasteiger partial charge in [0.15, 0.2) is 0 Å². The average molecular weight is 389 g/mol. The number of carbonyl (C=O) groups excluding carboxylic acids is 1. The maximum absolute atomic E-state index is 12.9. The Kier molecular flexibility index (Phi) is 2.90. The molecule has 0 saturated carbocycles. The quantitative estimate of drug-likeness (QED) is 0.630. The number of benzene rings is 2. The zero-order valence-electron chi connectivity index (χ0n) is 13.6. The predicted molar refractivity (Wildman–Crippen MR) is 96.8 cm³/mol. The number of nitrogens with zero attached hydrogens (tertiary/aromatic N) is 1. The Labute approximate surface area is 158 Å². The Balaban J connectivity index is 1.87. The third-order valence-electron chi connectivity index (χ3n) is 5.57. The van der Waals surface area contributed by atoms with E-state index < -0.39 is 26.2 Å². The van der Waals surface area contributed by atoms with Crippen LogP contribution < -0.4 is 10.1 Å². The highest BCUT2D eigenvalue weighted by Crippen LogP contribution is 2.74. The lowest BCUT2D eigenvalue weighted by Crippen LogP contribution is -2.68. The molecule has 0 aromatic heterocycles. The van der Waals surface area contributed by atoms with Gasteiger partial charge in [-0.05, 0) is 24.6 Å². The molecule has 0 unspecified atom stereocenters. The first-order valence-corrected chi connectivity index (χ1v) is 9.26. The van der Waals surface area contributed by atoms with Crippen molar-refractivity contribution in [1.29, 1.82) is 0 Å². The maximum Gasteiger partial charge on any atom is 0.408 e. The highest BCUT2D eigenvalue weighted by Gasteiger charge is 2.89. The number of amides is 1. The van der Waals surface area contributed by atoms with Gasteiger partial charge < -0.3 is 10.1 Å². The van der Waals surface area contributed by atoms with Crippen LogP contribution in [0, 0.1) is 10.1 Å². The van der Waals surface area contributed by atoms with Gasteiger partial charge in [-0.1, -0.05) is 59.8 Å². The number of thioether (sulfide) groups is 1. The number of piperidine rings is 1. The number of nitro groups is 1. The van der Waals surface area contributed by atoms with E-state index in [0.717, 1.165) is 0 Å². The van der Waals surface area contributed by atoms with Gasteiger partial charge in [0, 0.05) is 10.6 Å². The van der Waals surface area contributed by atoms with Crippen LogP contribution in [-0.2, 0) is 9.67 Å². The summed E-state index contributed by atoms with van der Waals surface area (Å²) in [4.78, 5) is 23.6. The molecule has 3 aliphatic rings. The number of ether oxygens (including phenoxy) is 1. The molecule has 0 spiro atoms. The monoisotopic (exact) mass is 388 g/mol. The van der Waals surface area contributed by atoms with Gasteiger partial charge in [0.25, 0.3) is 0 Å². The Bertz CT molecular complexity index is 986. The summed E-state index contributed by atoms with van der Waals surface area (Å²) >= 11 is 7.65. The summed E-state index contributed by atoms with van der Waals surface area (Å²) in [6.07, 6.45) is 0. The minimum absolute atomic E-state index is 0.245. The number of hydrogen-bond donors (Lipinski definition) is 1. The maximum atomic E-state index is 12.9. The molecule has 2 saturated heterocycles. The molecular formula is C18H13ClN2O4S. The van der Waals surface area contributed by atoms with E-state index in [0.29, 0.717) is 21.9 Å². The van der Waals surface area contributed by atoms with Gasteiger partial charge in [0.2, 0.25) is 10.8 Å². The Morgan fingerprint density at radius 1 is 1.23 bits per heavy atom. The van der Waals surface area contributed by atoms with Gasteiger partial charge in [0.05, 0.1) is 4.92 Å². The number of carbonyl (C=O) groups is 1. The SMILES string of the molecule is C[C@@]12S[C@@](c3ccccc3)(NC1=O)[C@]1([N+](=O)[O-])Oc3cccc(Cl)c3[C@H]21. The summed E-state index contributed by atoms with van der Waals surface area (Å²) in [6.45, 7) is 1.73. The highest BCUT2D eigenvalue weighted by molar-refractivity contribution is 8.03. The molecule has 2 aromatic carbocycles. The number of fused-ring (bicyclic) bond motifs is 7. The van der Waals surface area contributed by atoms with E-state index in [1.165, 1.54) is 11.8 Å². The fourth-order valence-electron chi connectivity index (χ4n) is 4.54. The van der Waals surface area contributed by atoms with E-state index in [-0.39, 0.29) is 5.91 Å². The summed E-state index contributed by atoms with van der Waals surface area (Å²) in [5.41, 5.74) is -0.701. The van der Waals surface area contributed by atoms with E-state index in [1.54, 1.807) is 49.4 Å². The Morgan fingerprint density at radius 2 is 1.96 bits per heavy atom. The van der Waals surface area contributed by atoms with Crippen molar-refractivity contribution in [2.24, 2.45) is 0 Å². The molecule has 3 heterocycles. The topological polar surface area (TPSA) is 81.5 Å². The summed E-state index contributed by atoms with van der Waals surface area (Å²) < 4.78 is 4.98. The van der Waals surface area contributed by atoms with E-state index >= 15 is 0 Å². The Morgan fingerprint density at radius 3 is 2.65 bits per heavy atom. The van der Waals surface area contributed by atoms with Gasteiger partial charge in [-0.25, -0.2) is 0 Å². The van der Waals surface area contributed by atoms with Crippen molar-refractivity contribution in [2.75, 3.05) is 0 Å². The summed E-state index contributed by atoms with van der Waals surface area (Å²) in [7, 11) is 0. The van der Waals surface area contributed by atoms with E-state index in [4.69, 9.17) is 16.3 Å². The van der Waals surface area contributed by atoms with Crippen molar-refractivity contribution in [3.63, 3.8) is 0 Å². The fraction of sp³-hybridized carbons (Fsp3) is 0.278. The van der Waals surface area contributed by atoms with Crippen LogP contribution >= 0.6 is 23.4 Å². The number of hydrogen-bond acceptors (Lipinski definition) is 5. The fourth-order valence-corrected chi connectivity index (χ4v) is 6.77. The molecule has 26 heavy (non-hydrogen) atoms. The largest absolute Gasteiger partial charge is 0.424 e. The summed E-state index contributed by atoms with van der Waals surface area (Å²) in [6, 6.07) is 14.0. The van der Waals surface area contributed by atoms with Crippen LogP contribution in [0.1, 0.15) is 24.0 Å². The van der Waals surface area contributed by atoms with Crippen molar-refractivity contribution in [2.45, 2.75) is 28.2 Å². The van der Waals surface area contributed by atoms with Crippen molar-refractivity contribution in [3.8, 4) is 5.75 Å². The van der Waals surface area contributed by atoms with Gasteiger partial charge >= 0.3 is 5.72 Å². The van der Waals surface area contributed by atoms with Crippen LogP contribution in [-0.4, -0.2) is 21.3 Å². The van der Waals surface area contributed by atoms with Crippen molar-refractivity contribution in [1.82, 2.24) is 5.32 Å². The molecule has 0 aliphatic carbocycles. The smallest absolute Gasteiger partial charge is 0.408 e. The molecule has 2 bridgehead atoms. The third kappa shape index (κ3) is 1.51. The lowest BCUT2D eigenvalue weighted by molar-refractivity contribution is -0.627. The second kappa shape index (κ2) is 4.72. The first-order chi connectivity index (χ1) is 12.4. The molecular weight excluding hydrogens is 376 g/mol. The third-order valence-corrected chi connectivity index (χ3v) is 7.68. The van der Waals surface area contributed by atoms with Crippen molar-refractivity contribution in [3.05, 3.63) is 74.8 Å². The normalized spacial score (nSPS) is 36.2. The zero-order chi connectivity index (χ0) is 18.3. The number of nitrogens with one attached hydrogen (secondary N) is 1. The molecule has 1 N–H and O–H groups in total. The minimum atomic E-state index is -1.87. The van der Waals surface area contributed by atoms with Crippen LogP contribution in [0.4, 0.5) is 0 Å². The van der Waals surface area contributed by atoms with Crippen LogP contribution in [0.5, 0.6) is 5.75 Å². The standard InChI is InChI=1S/C18H13ClN2O4S/c1-16-14-13-11(19)8-5-9-12(13)25-18(14,21(23)24)17(26-16,20-15(16)22)10-6-3-2-4-7-10/h2-9,14H,1H3,(H,20,22)/t14-,16+,17-,18-/m1/s1. The van der Waals surface area contributed by atoms with Crippen LogP contribution in [0.3, 0.4) is 0 Å². The molecule has 8 heteroatoms. The van der Waals surface area contributed by atoms with Crippen molar-refractivity contribution < 1.29 is 14.5 Å². The van der Waals surface area contributed by atoms with Gasteiger partial charge in [-0.15, -0.1) is 0 Å². The molecule has 132 valence electrons. The molecule has 3 aliphatic heterocycles. The molecule has 2 aromatic rings.